The summed E-state index contributed by atoms with van der Waals surface area (Å²) in [5.41, 5.74) is 1.65. The molecule has 1 N–H and O–H groups in total. The van der Waals surface area contributed by atoms with Crippen LogP contribution in [0.1, 0.15) is 12.5 Å². The van der Waals surface area contributed by atoms with Gasteiger partial charge in [0.1, 0.15) is 6.04 Å². The van der Waals surface area contributed by atoms with Gasteiger partial charge in [-0.2, -0.15) is 0 Å². The summed E-state index contributed by atoms with van der Waals surface area (Å²) in [5, 5.41) is 9.50. The highest BCUT2D eigenvalue weighted by Gasteiger charge is 2.39. The van der Waals surface area contributed by atoms with Crippen molar-refractivity contribution >= 4 is 29.3 Å². The summed E-state index contributed by atoms with van der Waals surface area (Å²) in [5.74, 6) is -0.727. The van der Waals surface area contributed by atoms with Crippen LogP contribution in [0.3, 0.4) is 0 Å². The number of nitrogens with zero attached hydrogens (tertiary/aromatic N) is 1. The number of carbonyl (C=O) groups is 2. The molecule has 0 unspecified atom stereocenters. The second-order valence-electron chi connectivity index (χ2n) is 5.92. The first-order chi connectivity index (χ1) is 11.6. The molecule has 2 atom stereocenters. The van der Waals surface area contributed by atoms with E-state index in [1.165, 1.54) is 4.90 Å². The summed E-state index contributed by atoms with van der Waals surface area (Å²) in [7, 11) is 0. The first-order valence-electron chi connectivity index (χ1n) is 7.89. The smallest absolute Gasteiger partial charge is 0.327 e. The van der Waals surface area contributed by atoms with Gasteiger partial charge in [0.2, 0.25) is 5.91 Å². The summed E-state index contributed by atoms with van der Waals surface area (Å²) in [4.78, 5) is 27.1. The monoisotopic (exact) mass is 341 g/mol. The third kappa shape index (κ3) is 3.31. The number of anilines is 1. The van der Waals surface area contributed by atoms with Gasteiger partial charge < -0.3 is 5.11 Å². The van der Waals surface area contributed by atoms with Crippen LogP contribution >= 0.6 is 11.8 Å². The van der Waals surface area contributed by atoms with Crippen LogP contribution in [0.5, 0.6) is 0 Å². The minimum absolute atomic E-state index is 0.129. The predicted molar refractivity (Wildman–Crippen MR) is 95.4 cm³/mol. The molecule has 5 heteroatoms. The second-order valence-corrected chi connectivity index (χ2v) is 7.01. The number of carboxylic acid groups (broad SMARTS) is 1. The van der Waals surface area contributed by atoms with Crippen LogP contribution in [0.15, 0.2) is 59.5 Å². The minimum Gasteiger partial charge on any atom is -0.480 e. The van der Waals surface area contributed by atoms with Gasteiger partial charge in [-0.25, -0.2) is 4.79 Å². The van der Waals surface area contributed by atoms with Crippen molar-refractivity contribution in [2.24, 2.45) is 5.92 Å². The summed E-state index contributed by atoms with van der Waals surface area (Å²) in [6.07, 6.45) is 0.371. The molecular formula is C19H19NO3S. The SMILES string of the molecule is C[C@H](CSc1ccccc1)C(=O)N1c2ccccc2C[C@@H]1C(=O)O. The van der Waals surface area contributed by atoms with Crippen molar-refractivity contribution in [2.75, 3.05) is 10.7 Å². The van der Waals surface area contributed by atoms with Crippen LogP contribution in [0, 0.1) is 5.92 Å². The van der Waals surface area contributed by atoms with Crippen LogP contribution in [-0.4, -0.2) is 28.8 Å². The van der Waals surface area contributed by atoms with Gasteiger partial charge in [-0.15, -0.1) is 11.8 Å². The quantitative estimate of drug-likeness (QED) is 0.846. The fourth-order valence-electron chi connectivity index (χ4n) is 2.90. The number of fused-ring (bicyclic) bond motifs is 1. The van der Waals surface area contributed by atoms with Crippen LogP contribution in [0.2, 0.25) is 0 Å². The number of amides is 1. The van der Waals surface area contributed by atoms with Crippen LogP contribution in [0.4, 0.5) is 5.69 Å². The molecule has 0 bridgehead atoms. The number of benzene rings is 2. The molecule has 2 aromatic rings. The highest BCUT2D eigenvalue weighted by molar-refractivity contribution is 7.99. The van der Waals surface area contributed by atoms with E-state index in [1.807, 2.05) is 61.5 Å². The average molecular weight is 341 g/mol. The zero-order chi connectivity index (χ0) is 17.1. The lowest BCUT2D eigenvalue weighted by atomic mass is 10.1. The highest BCUT2D eigenvalue weighted by atomic mass is 32.2. The van der Waals surface area contributed by atoms with E-state index in [9.17, 15) is 14.7 Å². The number of rotatable bonds is 5. The van der Waals surface area contributed by atoms with Gasteiger partial charge in [-0.3, -0.25) is 9.69 Å². The zero-order valence-electron chi connectivity index (χ0n) is 13.4. The molecule has 0 aliphatic carbocycles. The Balaban J connectivity index is 1.75. The van der Waals surface area contributed by atoms with Gasteiger partial charge in [0.25, 0.3) is 0 Å². The van der Waals surface area contributed by atoms with Gasteiger partial charge in [0.15, 0.2) is 0 Å². The lowest BCUT2D eigenvalue weighted by Crippen LogP contribution is -2.45. The number of carbonyl (C=O) groups excluding carboxylic acids is 1. The third-order valence-electron chi connectivity index (χ3n) is 4.16. The molecule has 1 heterocycles. The van der Waals surface area contributed by atoms with E-state index >= 15 is 0 Å². The van der Waals surface area contributed by atoms with E-state index in [2.05, 4.69) is 0 Å². The van der Waals surface area contributed by atoms with E-state index < -0.39 is 12.0 Å². The number of hydrogen-bond donors (Lipinski definition) is 1. The fraction of sp³-hybridized carbons (Fsp3) is 0.263. The first-order valence-corrected chi connectivity index (χ1v) is 8.88. The summed E-state index contributed by atoms with van der Waals surface area (Å²) in [6, 6.07) is 16.5. The minimum atomic E-state index is -0.956. The van der Waals surface area contributed by atoms with Gasteiger partial charge >= 0.3 is 5.97 Å². The Morgan fingerprint density at radius 1 is 1.17 bits per heavy atom. The molecule has 1 aliphatic heterocycles. The van der Waals surface area contributed by atoms with E-state index in [0.29, 0.717) is 12.2 Å². The first kappa shape index (κ1) is 16.6. The van der Waals surface area contributed by atoms with Crippen LogP contribution in [0.25, 0.3) is 0 Å². The largest absolute Gasteiger partial charge is 0.480 e. The number of carboxylic acids is 1. The zero-order valence-corrected chi connectivity index (χ0v) is 14.2. The molecule has 1 aliphatic rings. The molecule has 0 radical (unpaired) electrons. The van der Waals surface area contributed by atoms with E-state index in [-0.39, 0.29) is 11.8 Å². The van der Waals surface area contributed by atoms with Crippen molar-refractivity contribution in [3.63, 3.8) is 0 Å². The number of para-hydroxylation sites is 1. The maximum absolute atomic E-state index is 12.9. The van der Waals surface area contributed by atoms with Crippen molar-refractivity contribution in [2.45, 2.75) is 24.3 Å². The maximum Gasteiger partial charge on any atom is 0.327 e. The van der Waals surface area contributed by atoms with Crippen molar-refractivity contribution in [1.82, 2.24) is 0 Å². The highest BCUT2D eigenvalue weighted by Crippen LogP contribution is 2.34. The Kier molecular flexibility index (Phi) is 4.90. The summed E-state index contributed by atoms with van der Waals surface area (Å²) in [6.45, 7) is 1.86. The molecular weight excluding hydrogens is 322 g/mol. The van der Waals surface area contributed by atoms with E-state index in [1.54, 1.807) is 11.8 Å². The lowest BCUT2D eigenvalue weighted by Gasteiger charge is -2.25. The van der Waals surface area contributed by atoms with Crippen molar-refractivity contribution in [1.29, 1.82) is 0 Å². The summed E-state index contributed by atoms with van der Waals surface area (Å²) < 4.78 is 0. The fourth-order valence-corrected chi connectivity index (χ4v) is 3.84. The molecule has 24 heavy (non-hydrogen) atoms. The Morgan fingerprint density at radius 3 is 2.54 bits per heavy atom. The van der Waals surface area contributed by atoms with Crippen LogP contribution in [-0.2, 0) is 16.0 Å². The van der Waals surface area contributed by atoms with Crippen LogP contribution < -0.4 is 4.90 Å². The summed E-state index contributed by atoms with van der Waals surface area (Å²) >= 11 is 1.61. The molecule has 0 aromatic heterocycles. The van der Waals surface area contributed by atoms with Crippen molar-refractivity contribution in [3.8, 4) is 0 Å². The molecule has 4 nitrogen and oxygen atoms in total. The Morgan fingerprint density at radius 2 is 1.83 bits per heavy atom. The second kappa shape index (κ2) is 7.09. The third-order valence-corrected chi connectivity index (χ3v) is 5.44. The number of thioether (sulfide) groups is 1. The molecule has 0 fully saturated rings. The van der Waals surface area contributed by atoms with E-state index in [4.69, 9.17) is 0 Å². The molecule has 124 valence electrons. The topological polar surface area (TPSA) is 57.6 Å². The molecule has 0 spiro atoms. The standard InChI is InChI=1S/C19H19NO3S/c1-13(12-24-15-8-3-2-4-9-15)18(21)20-16-10-6-5-7-14(16)11-17(20)19(22)23/h2-10,13,17H,11-12H2,1H3,(H,22,23)/t13-,17-/m1/s1. The number of aliphatic carboxylic acids is 1. The normalized spacial score (nSPS) is 17.4. The number of hydrogen-bond acceptors (Lipinski definition) is 3. The molecule has 1 amide bonds. The maximum atomic E-state index is 12.9. The van der Waals surface area contributed by atoms with E-state index in [0.717, 1.165) is 16.1 Å². The van der Waals surface area contributed by atoms with Gasteiger partial charge in [0.05, 0.1) is 0 Å². The lowest BCUT2D eigenvalue weighted by molar-refractivity contribution is -0.140. The molecule has 3 rings (SSSR count). The predicted octanol–water partition coefficient (Wildman–Crippen LogP) is 3.46. The average Bonchev–Trinajstić information content (AvgIpc) is 2.99. The van der Waals surface area contributed by atoms with Crippen molar-refractivity contribution < 1.29 is 14.7 Å². The van der Waals surface area contributed by atoms with Crippen molar-refractivity contribution in [3.05, 3.63) is 60.2 Å². The van der Waals surface area contributed by atoms with Gasteiger partial charge in [0, 0.05) is 28.7 Å². The molecule has 0 saturated heterocycles. The Hall–Kier alpha value is -2.27. The van der Waals surface area contributed by atoms with Gasteiger partial charge in [-0.05, 0) is 23.8 Å². The Labute approximate surface area is 145 Å². The Bertz CT molecular complexity index is 747. The molecule has 2 aromatic carbocycles. The van der Waals surface area contributed by atoms with Gasteiger partial charge in [-0.1, -0.05) is 43.3 Å². The molecule has 0 saturated carbocycles.